The number of fused-ring (bicyclic) bond motifs is 1. The zero-order chi connectivity index (χ0) is 25.3. The maximum atomic E-state index is 13.8. The van der Waals surface area contributed by atoms with Crippen LogP contribution in [0.2, 0.25) is 0 Å². The smallest absolute Gasteiger partial charge is 0.331 e. The van der Waals surface area contributed by atoms with Gasteiger partial charge in [0.1, 0.15) is 0 Å². The van der Waals surface area contributed by atoms with Gasteiger partial charge >= 0.3 is 5.69 Å². The zero-order valence-electron chi connectivity index (χ0n) is 18.9. The number of thioether (sulfide) groups is 1. The Labute approximate surface area is 202 Å². The van der Waals surface area contributed by atoms with Gasteiger partial charge in [-0.3, -0.25) is 18.7 Å². The molecule has 2 N–H and O–H groups in total. The number of carbonyl (C=O) groups excluding carboxylic acids is 1. The van der Waals surface area contributed by atoms with Crippen molar-refractivity contribution in [1.29, 1.82) is 0 Å². The third-order valence-electron chi connectivity index (χ3n) is 5.72. The number of pyridine rings is 1. The molecule has 0 fully saturated rings. The third kappa shape index (κ3) is 4.92. The molecule has 0 spiro atoms. The van der Waals surface area contributed by atoms with Crippen LogP contribution in [-0.2, 0) is 31.4 Å². The average Bonchev–Trinajstić information content (AvgIpc) is 2.86. The van der Waals surface area contributed by atoms with E-state index >= 15 is 0 Å². The van der Waals surface area contributed by atoms with Crippen LogP contribution in [0.3, 0.4) is 0 Å². The molecule has 3 aromatic rings. The van der Waals surface area contributed by atoms with Gasteiger partial charge in [-0.1, -0.05) is 0 Å². The molecular weight excluding hydrogens is 482 g/mol. The van der Waals surface area contributed by atoms with E-state index in [9.17, 15) is 28.3 Å². The first-order chi connectivity index (χ1) is 16.7. The van der Waals surface area contributed by atoms with Gasteiger partial charge in [-0.05, 0) is 35.7 Å². The SMILES string of the molecule is COc1cc(CNC(=O)C2CSc3c(c(=O)n(Cc4cc(F)c(O)c(F)c4)c(=O)n3C)C2)ccn1. The first-order valence-electron chi connectivity index (χ1n) is 10.6. The lowest BCUT2D eigenvalue weighted by molar-refractivity contribution is -0.124. The van der Waals surface area contributed by atoms with Gasteiger partial charge in [0.15, 0.2) is 17.4 Å². The second-order valence-corrected chi connectivity index (χ2v) is 9.07. The second kappa shape index (κ2) is 9.90. The Hall–Kier alpha value is -3.67. The molecule has 1 aromatic carbocycles. The summed E-state index contributed by atoms with van der Waals surface area (Å²) in [5.74, 6) is -3.48. The van der Waals surface area contributed by atoms with Gasteiger partial charge < -0.3 is 15.2 Å². The number of phenols is 1. The number of methoxy groups -OCH3 is 1. The van der Waals surface area contributed by atoms with Crippen molar-refractivity contribution < 1.29 is 23.4 Å². The Kier molecular flexibility index (Phi) is 6.92. The topological polar surface area (TPSA) is 115 Å². The maximum absolute atomic E-state index is 13.8. The van der Waals surface area contributed by atoms with Gasteiger partial charge in [-0.2, -0.15) is 0 Å². The summed E-state index contributed by atoms with van der Waals surface area (Å²) in [6, 6.07) is 5.18. The summed E-state index contributed by atoms with van der Waals surface area (Å²) >= 11 is 1.24. The molecule has 35 heavy (non-hydrogen) atoms. The van der Waals surface area contributed by atoms with E-state index in [0.717, 1.165) is 22.3 Å². The second-order valence-electron chi connectivity index (χ2n) is 8.06. The minimum atomic E-state index is -1.19. The highest BCUT2D eigenvalue weighted by Gasteiger charge is 2.30. The predicted octanol–water partition coefficient (Wildman–Crippen LogP) is 1.56. The van der Waals surface area contributed by atoms with Crippen molar-refractivity contribution in [2.45, 2.75) is 24.5 Å². The Morgan fingerprint density at radius 2 is 1.97 bits per heavy atom. The molecule has 0 radical (unpaired) electrons. The fourth-order valence-corrected chi connectivity index (χ4v) is 5.11. The summed E-state index contributed by atoms with van der Waals surface area (Å²) in [5.41, 5.74) is -0.186. The predicted molar refractivity (Wildman–Crippen MR) is 124 cm³/mol. The lowest BCUT2D eigenvalue weighted by Gasteiger charge is -2.25. The highest BCUT2D eigenvalue weighted by Crippen LogP contribution is 2.30. The van der Waals surface area contributed by atoms with Gasteiger partial charge in [-0.25, -0.2) is 18.6 Å². The fraction of sp³-hybridized carbons (Fsp3) is 0.304. The van der Waals surface area contributed by atoms with Crippen LogP contribution in [0.15, 0.2) is 45.1 Å². The molecule has 0 saturated carbocycles. The van der Waals surface area contributed by atoms with Gasteiger partial charge in [0, 0.05) is 37.2 Å². The number of phenolic OH excluding ortho intramolecular Hbond substituents is 1. The van der Waals surface area contributed by atoms with Crippen molar-refractivity contribution >= 4 is 17.7 Å². The number of aromatic hydroxyl groups is 1. The molecule has 9 nitrogen and oxygen atoms in total. The molecule has 1 atom stereocenters. The summed E-state index contributed by atoms with van der Waals surface area (Å²) in [4.78, 5) is 42.8. The Morgan fingerprint density at radius 1 is 1.26 bits per heavy atom. The number of hydrogen-bond acceptors (Lipinski definition) is 7. The number of benzene rings is 1. The van der Waals surface area contributed by atoms with Crippen LogP contribution in [0.25, 0.3) is 0 Å². The standard InChI is InChI=1S/C23H22F2N4O5S/c1-28-22-15(21(32)29(23(28)33)10-13-5-16(24)19(30)17(25)6-13)8-14(11-35-22)20(31)27-9-12-3-4-26-18(7-12)34-2/h3-7,14,30H,8-11H2,1-2H3,(H,27,31). The van der Waals surface area contributed by atoms with Crippen molar-refractivity contribution in [3.05, 3.63) is 79.6 Å². The van der Waals surface area contributed by atoms with Gasteiger partial charge in [-0.15, -0.1) is 11.8 Å². The number of halogens is 2. The largest absolute Gasteiger partial charge is 0.503 e. The molecule has 1 amide bonds. The molecule has 0 saturated heterocycles. The van der Waals surface area contributed by atoms with Crippen molar-refractivity contribution in [1.82, 2.24) is 19.4 Å². The van der Waals surface area contributed by atoms with Gasteiger partial charge in [0.25, 0.3) is 5.56 Å². The number of nitrogens with one attached hydrogen (secondary N) is 1. The number of hydrogen-bond donors (Lipinski definition) is 2. The summed E-state index contributed by atoms with van der Waals surface area (Å²) in [6.07, 6.45) is 1.68. The van der Waals surface area contributed by atoms with E-state index in [-0.39, 0.29) is 30.0 Å². The first-order valence-corrected chi connectivity index (χ1v) is 11.6. The van der Waals surface area contributed by atoms with Crippen molar-refractivity contribution in [3.63, 3.8) is 0 Å². The molecule has 1 aliphatic heterocycles. The van der Waals surface area contributed by atoms with Crippen LogP contribution in [-0.4, -0.2) is 38.0 Å². The van der Waals surface area contributed by atoms with Crippen LogP contribution in [0.1, 0.15) is 16.7 Å². The van der Waals surface area contributed by atoms with E-state index in [1.807, 2.05) is 0 Å². The van der Waals surface area contributed by atoms with E-state index in [0.29, 0.717) is 16.7 Å². The van der Waals surface area contributed by atoms with Crippen LogP contribution >= 0.6 is 11.8 Å². The number of amides is 1. The van der Waals surface area contributed by atoms with Crippen molar-refractivity contribution in [2.75, 3.05) is 12.9 Å². The average molecular weight is 505 g/mol. The number of rotatable bonds is 6. The van der Waals surface area contributed by atoms with E-state index in [4.69, 9.17) is 4.74 Å². The lowest BCUT2D eigenvalue weighted by Crippen LogP contribution is -2.45. The quantitative estimate of drug-likeness (QED) is 0.490. The fourth-order valence-electron chi connectivity index (χ4n) is 3.86. The van der Waals surface area contributed by atoms with Crippen molar-refractivity contribution in [2.24, 2.45) is 13.0 Å². The molecule has 1 aliphatic rings. The Balaban J connectivity index is 1.57. The maximum Gasteiger partial charge on any atom is 0.331 e. The molecule has 2 aromatic heterocycles. The van der Waals surface area contributed by atoms with E-state index in [1.165, 1.54) is 30.5 Å². The van der Waals surface area contributed by atoms with Crippen LogP contribution in [0.4, 0.5) is 8.78 Å². The highest BCUT2D eigenvalue weighted by molar-refractivity contribution is 7.99. The molecule has 0 aliphatic carbocycles. The summed E-state index contributed by atoms with van der Waals surface area (Å²) < 4.78 is 34.8. The van der Waals surface area contributed by atoms with E-state index in [1.54, 1.807) is 18.3 Å². The monoisotopic (exact) mass is 504 g/mol. The first kappa shape index (κ1) is 24.5. The number of nitrogens with zero attached hydrogens (tertiary/aromatic N) is 3. The summed E-state index contributed by atoms with van der Waals surface area (Å²) in [7, 11) is 3.00. The number of carbonyl (C=O) groups is 1. The molecular formula is C23H22F2N4O5S. The summed E-state index contributed by atoms with van der Waals surface area (Å²) in [5, 5.41) is 12.6. The zero-order valence-corrected chi connectivity index (χ0v) is 19.7. The third-order valence-corrected chi connectivity index (χ3v) is 7.08. The van der Waals surface area contributed by atoms with E-state index < -0.39 is 41.1 Å². The molecule has 4 rings (SSSR count). The normalized spacial score (nSPS) is 14.9. The molecule has 3 heterocycles. The number of aromatic nitrogens is 3. The molecule has 1 unspecified atom stereocenters. The Bertz CT molecular complexity index is 1400. The van der Waals surface area contributed by atoms with Gasteiger partial charge in [0.05, 0.1) is 24.6 Å². The van der Waals surface area contributed by atoms with Crippen LogP contribution < -0.4 is 21.3 Å². The lowest BCUT2D eigenvalue weighted by atomic mass is 10.0. The minimum Gasteiger partial charge on any atom is -0.503 e. The molecule has 0 bridgehead atoms. The summed E-state index contributed by atoms with van der Waals surface area (Å²) in [6.45, 7) is -0.139. The minimum absolute atomic E-state index is 0.00230. The van der Waals surface area contributed by atoms with E-state index in [2.05, 4.69) is 10.3 Å². The highest BCUT2D eigenvalue weighted by atomic mass is 32.2. The molecule has 12 heteroatoms. The molecule has 184 valence electrons. The van der Waals surface area contributed by atoms with Crippen LogP contribution in [0.5, 0.6) is 11.6 Å². The number of ether oxygens (including phenoxy) is 1. The van der Waals surface area contributed by atoms with Crippen LogP contribution in [0, 0.1) is 17.6 Å². The Morgan fingerprint density at radius 3 is 2.66 bits per heavy atom. The van der Waals surface area contributed by atoms with Crippen molar-refractivity contribution in [3.8, 4) is 11.6 Å². The van der Waals surface area contributed by atoms with Gasteiger partial charge in [0.2, 0.25) is 11.8 Å².